The Bertz CT molecular complexity index is 1740. The van der Waals surface area contributed by atoms with Gasteiger partial charge in [0, 0.05) is 49.9 Å². The first kappa shape index (κ1) is 36.0. The van der Waals surface area contributed by atoms with Gasteiger partial charge < -0.3 is 25.6 Å². The summed E-state index contributed by atoms with van der Waals surface area (Å²) in [6.07, 6.45) is 2.85. The number of nitrogens with zero attached hydrogens (tertiary/aromatic N) is 4. The molecule has 1 atom stereocenters. The van der Waals surface area contributed by atoms with Crippen LogP contribution in [0.1, 0.15) is 57.6 Å². The predicted molar refractivity (Wildman–Crippen MR) is 195 cm³/mol. The van der Waals surface area contributed by atoms with Crippen molar-refractivity contribution in [2.24, 2.45) is 11.8 Å². The third-order valence-electron chi connectivity index (χ3n) is 8.98. The lowest BCUT2D eigenvalue weighted by molar-refractivity contribution is -0.130. The molecule has 4 aromatic rings. The molecule has 1 saturated carbocycles. The van der Waals surface area contributed by atoms with E-state index >= 15 is 0 Å². The highest BCUT2D eigenvalue weighted by Gasteiger charge is 2.30. The Kier molecular flexibility index (Phi) is 11.5. The normalized spacial score (nSPS) is 16.6. The molecule has 0 spiro atoms. The van der Waals surface area contributed by atoms with Crippen molar-refractivity contribution in [1.29, 1.82) is 0 Å². The van der Waals surface area contributed by atoms with Gasteiger partial charge in [-0.25, -0.2) is 4.79 Å². The van der Waals surface area contributed by atoms with Crippen LogP contribution in [0.25, 0.3) is 22.5 Å². The van der Waals surface area contributed by atoms with Gasteiger partial charge in [0.25, 0.3) is 0 Å². The van der Waals surface area contributed by atoms with Gasteiger partial charge in [0.15, 0.2) is 0 Å². The third-order valence-corrected chi connectivity index (χ3v) is 8.98. The molecule has 4 N–H and O–H groups in total. The second kappa shape index (κ2) is 16.0. The van der Waals surface area contributed by atoms with E-state index in [4.69, 9.17) is 4.74 Å². The maximum absolute atomic E-state index is 13.8. The third kappa shape index (κ3) is 9.90. The summed E-state index contributed by atoms with van der Waals surface area (Å²) in [5.74, 6) is 0.0622. The molecule has 5 rings (SSSR count). The van der Waals surface area contributed by atoms with E-state index in [0.29, 0.717) is 37.3 Å². The standard InChI is InChI=1S/C38H48N8O4/c1-24-7-20-31(46(5)6)22-32(24)27-12-8-25(9-13-27)21-33(36(48)40-30-18-16-28(17-19-30)34-42-44-45-43-34)41-35(47)29-14-10-26(11-15-29)23-39-37(49)50-38(2,3)4/h7-9,12-13,16-20,22,26,29,33H,10-11,14-15,21,23H2,1-6H3,(H,39,49)(H,40,48)(H,41,47)(H,42,43,44,45). The van der Waals surface area contributed by atoms with Crippen molar-refractivity contribution in [1.82, 2.24) is 31.3 Å². The van der Waals surface area contributed by atoms with Gasteiger partial charge in [-0.2, -0.15) is 5.21 Å². The first-order valence-corrected chi connectivity index (χ1v) is 17.1. The van der Waals surface area contributed by atoms with E-state index in [1.165, 1.54) is 5.56 Å². The minimum atomic E-state index is -0.796. The maximum Gasteiger partial charge on any atom is 0.407 e. The molecule has 0 radical (unpaired) electrons. The number of alkyl carbamates (subject to hydrolysis) is 1. The van der Waals surface area contributed by atoms with Crippen molar-refractivity contribution in [3.63, 3.8) is 0 Å². The van der Waals surface area contributed by atoms with Gasteiger partial charge in [0.05, 0.1) is 0 Å². The highest BCUT2D eigenvalue weighted by molar-refractivity contribution is 5.97. The van der Waals surface area contributed by atoms with E-state index in [-0.39, 0.29) is 23.7 Å². The van der Waals surface area contributed by atoms with Gasteiger partial charge in [-0.1, -0.05) is 30.3 Å². The van der Waals surface area contributed by atoms with Crippen LogP contribution in [0.5, 0.6) is 0 Å². The second-order valence-electron chi connectivity index (χ2n) is 14.3. The van der Waals surface area contributed by atoms with E-state index in [9.17, 15) is 14.4 Å². The largest absolute Gasteiger partial charge is 0.444 e. The zero-order chi connectivity index (χ0) is 35.8. The van der Waals surface area contributed by atoms with Gasteiger partial charge in [-0.3, -0.25) is 9.59 Å². The number of amides is 3. The van der Waals surface area contributed by atoms with E-state index < -0.39 is 17.7 Å². The molecular formula is C38H48N8O4. The lowest BCUT2D eigenvalue weighted by Gasteiger charge is -2.29. The predicted octanol–water partition coefficient (Wildman–Crippen LogP) is 5.91. The number of aromatic amines is 1. The lowest BCUT2D eigenvalue weighted by Crippen LogP contribution is -2.48. The van der Waals surface area contributed by atoms with Gasteiger partial charge in [0.2, 0.25) is 17.6 Å². The molecular weight excluding hydrogens is 632 g/mol. The Labute approximate surface area is 293 Å². The molecule has 12 nitrogen and oxygen atoms in total. The lowest BCUT2D eigenvalue weighted by atomic mass is 9.81. The quantitative estimate of drug-likeness (QED) is 0.153. The minimum absolute atomic E-state index is 0.135. The summed E-state index contributed by atoms with van der Waals surface area (Å²) in [7, 11) is 4.05. The van der Waals surface area contributed by atoms with Crippen LogP contribution in [0.4, 0.5) is 16.2 Å². The number of nitrogens with one attached hydrogen (secondary N) is 4. The average Bonchev–Trinajstić information content (AvgIpc) is 3.63. The molecule has 1 aliphatic carbocycles. The summed E-state index contributed by atoms with van der Waals surface area (Å²) in [6, 6.07) is 20.9. The Morgan fingerprint density at radius 2 is 1.62 bits per heavy atom. The zero-order valence-corrected chi connectivity index (χ0v) is 29.7. The number of carbonyl (C=O) groups is 3. The highest BCUT2D eigenvalue weighted by Crippen LogP contribution is 2.30. The van der Waals surface area contributed by atoms with Gasteiger partial charge in [-0.05, 0) is 123 Å². The number of benzene rings is 3. The van der Waals surface area contributed by atoms with Crippen LogP contribution in [-0.4, -0.2) is 70.8 Å². The fourth-order valence-electron chi connectivity index (χ4n) is 6.14. The highest BCUT2D eigenvalue weighted by atomic mass is 16.6. The number of aromatic nitrogens is 4. The van der Waals surface area contributed by atoms with Crippen LogP contribution in [0.2, 0.25) is 0 Å². The fourth-order valence-corrected chi connectivity index (χ4v) is 6.14. The molecule has 0 saturated heterocycles. The van der Waals surface area contributed by atoms with Gasteiger partial charge in [-0.15, -0.1) is 10.2 Å². The molecule has 3 aromatic carbocycles. The number of hydrogen-bond donors (Lipinski definition) is 4. The molecule has 12 heteroatoms. The number of H-pyrrole nitrogens is 1. The summed E-state index contributed by atoms with van der Waals surface area (Å²) < 4.78 is 5.35. The zero-order valence-electron chi connectivity index (χ0n) is 29.7. The summed E-state index contributed by atoms with van der Waals surface area (Å²) in [6.45, 7) is 8.10. The molecule has 1 heterocycles. The van der Waals surface area contributed by atoms with Gasteiger partial charge >= 0.3 is 6.09 Å². The molecule has 1 aromatic heterocycles. The molecule has 50 heavy (non-hydrogen) atoms. The Morgan fingerprint density at radius 3 is 2.24 bits per heavy atom. The molecule has 3 amide bonds. The van der Waals surface area contributed by atoms with Crippen LogP contribution in [0, 0.1) is 18.8 Å². The topological polar surface area (TPSA) is 154 Å². The Morgan fingerprint density at radius 1 is 0.940 bits per heavy atom. The smallest absolute Gasteiger partial charge is 0.407 e. The van der Waals surface area contributed by atoms with Crippen LogP contribution in [0.3, 0.4) is 0 Å². The SMILES string of the molecule is Cc1ccc(N(C)C)cc1-c1ccc(CC(NC(=O)C2CCC(CNC(=O)OC(C)(C)C)CC2)C(=O)Nc2ccc(-c3nn[nH]n3)cc2)cc1. The summed E-state index contributed by atoms with van der Waals surface area (Å²) >= 11 is 0. The minimum Gasteiger partial charge on any atom is -0.444 e. The van der Waals surface area contributed by atoms with Crippen molar-refractivity contribution in [2.75, 3.05) is 30.9 Å². The summed E-state index contributed by atoms with van der Waals surface area (Å²) in [5, 5.41) is 22.9. The maximum atomic E-state index is 13.8. The van der Waals surface area contributed by atoms with E-state index in [1.807, 2.05) is 47.0 Å². The number of rotatable bonds is 11. The Balaban J connectivity index is 1.26. The molecule has 1 fully saturated rings. The van der Waals surface area contributed by atoms with Crippen molar-refractivity contribution >= 4 is 29.3 Å². The monoisotopic (exact) mass is 680 g/mol. The van der Waals surface area contributed by atoms with E-state index in [1.54, 1.807) is 24.3 Å². The van der Waals surface area contributed by atoms with Crippen molar-refractivity contribution < 1.29 is 19.1 Å². The molecule has 0 bridgehead atoms. The molecule has 0 aliphatic heterocycles. The van der Waals surface area contributed by atoms with Crippen LogP contribution >= 0.6 is 0 Å². The number of anilines is 2. The number of aryl methyl sites for hydroxylation is 1. The number of hydrogen-bond acceptors (Lipinski definition) is 8. The van der Waals surface area contributed by atoms with Crippen LogP contribution in [-0.2, 0) is 20.7 Å². The molecule has 1 aliphatic rings. The molecule has 264 valence electrons. The van der Waals surface area contributed by atoms with Crippen LogP contribution < -0.4 is 20.9 Å². The second-order valence-corrected chi connectivity index (χ2v) is 14.3. The van der Waals surface area contributed by atoms with E-state index in [0.717, 1.165) is 40.8 Å². The van der Waals surface area contributed by atoms with Gasteiger partial charge in [0.1, 0.15) is 11.6 Å². The first-order chi connectivity index (χ1) is 23.8. The summed E-state index contributed by atoms with van der Waals surface area (Å²) in [5.41, 5.74) is 6.24. The van der Waals surface area contributed by atoms with Crippen molar-refractivity contribution in [2.45, 2.75) is 71.4 Å². The Hall–Kier alpha value is -5.26. The molecule has 1 unspecified atom stereocenters. The number of ether oxygens (including phenoxy) is 1. The summed E-state index contributed by atoms with van der Waals surface area (Å²) in [4.78, 5) is 41.6. The number of carbonyl (C=O) groups excluding carboxylic acids is 3. The fraction of sp³-hybridized carbons (Fsp3) is 0.421. The van der Waals surface area contributed by atoms with Crippen molar-refractivity contribution in [3.8, 4) is 22.5 Å². The average molecular weight is 681 g/mol. The van der Waals surface area contributed by atoms with Crippen molar-refractivity contribution in [3.05, 3.63) is 77.9 Å². The van der Waals surface area contributed by atoms with Crippen LogP contribution in [0.15, 0.2) is 66.7 Å². The first-order valence-electron chi connectivity index (χ1n) is 17.1. The van der Waals surface area contributed by atoms with E-state index in [2.05, 4.69) is 78.7 Å². The number of tetrazole rings is 1.